The van der Waals surface area contributed by atoms with Gasteiger partial charge in [-0.3, -0.25) is 0 Å². The molecule has 0 unspecified atom stereocenters. The fourth-order valence-corrected chi connectivity index (χ4v) is 1.95. The standard InChI is InChI=1S/C12HF21O2/c13-4(14,2(5(15,16)11(28,29)30)1(3(34)35)6(17,18)19)7(20,21)8(22,23)9(24,25)10(26,27)12(31,32)33/h(H,34,35). The lowest BCUT2D eigenvalue weighted by atomic mass is 9.85. The maximum atomic E-state index is 13.9. The van der Waals surface area contributed by atoms with Crippen LogP contribution in [0.15, 0.2) is 11.1 Å². The van der Waals surface area contributed by atoms with E-state index < -0.39 is 71.2 Å². The van der Waals surface area contributed by atoms with Crippen molar-refractivity contribution in [2.75, 3.05) is 0 Å². The molecule has 0 aliphatic rings. The second-order valence-corrected chi connectivity index (χ2v) is 5.99. The lowest BCUT2D eigenvalue weighted by Crippen LogP contribution is -2.71. The van der Waals surface area contributed by atoms with E-state index in [1.165, 1.54) is 0 Å². The van der Waals surface area contributed by atoms with Gasteiger partial charge < -0.3 is 5.11 Å². The zero-order valence-electron chi connectivity index (χ0n) is 14.8. The Bertz CT molecular complexity index is 851. The SMILES string of the molecule is O=C(O)C(=C(C(F)(F)C(F)(F)F)C(F)(F)C(F)(F)C(F)(F)C(F)(F)C(F)(F)C(F)(F)F)C(F)(F)F. The highest BCUT2D eigenvalue weighted by Gasteiger charge is 2.92. The molecule has 0 aliphatic carbocycles. The van der Waals surface area contributed by atoms with Crippen molar-refractivity contribution in [1.82, 2.24) is 0 Å². The average Bonchev–Trinajstić information content (AvgIpc) is 2.54. The summed E-state index contributed by atoms with van der Waals surface area (Å²) in [6.07, 6.45) is -23.6. The molecule has 0 saturated heterocycles. The summed E-state index contributed by atoms with van der Waals surface area (Å²) in [5.74, 6) is -57.2. The quantitative estimate of drug-likeness (QED) is 0.266. The van der Waals surface area contributed by atoms with Crippen molar-refractivity contribution in [3.8, 4) is 0 Å². The minimum absolute atomic E-state index is 4.47. The smallest absolute Gasteiger partial charge is 0.460 e. The number of hydrogen-bond donors (Lipinski definition) is 1. The third-order valence-electron chi connectivity index (χ3n) is 3.66. The van der Waals surface area contributed by atoms with Gasteiger partial charge in [-0.05, 0) is 0 Å². The van der Waals surface area contributed by atoms with Crippen LogP contribution in [0.5, 0.6) is 0 Å². The highest BCUT2D eigenvalue weighted by atomic mass is 19.4. The Hall–Kier alpha value is -2.26. The Labute approximate surface area is 174 Å². The van der Waals surface area contributed by atoms with Crippen LogP contribution in [0.25, 0.3) is 0 Å². The Morgan fingerprint density at radius 3 is 0.971 bits per heavy atom. The highest BCUT2D eigenvalue weighted by molar-refractivity contribution is 5.90. The number of aliphatic carboxylic acids is 1. The van der Waals surface area contributed by atoms with Gasteiger partial charge in [0.2, 0.25) is 0 Å². The first-order valence-electron chi connectivity index (χ1n) is 7.15. The molecule has 0 fully saturated rings. The molecule has 0 saturated carbocycles. The van der Waals surface area contributed by atoms with Crippen LogP contribution in [-0.2, 0) is 4.79 Å². The fourth-order valence-electron chi connectivity index (χ4n) is 1.95. The lowest BCUT2D eigenvalue weighted by Gasteiger charge is -2.41. The fraction of sp³-hybridized carbons (Fsp3) is 0.750. The number of rotatable bonds is 7. The van der Waals surface area contributed by atoms with Gasteiger partial charge in [0.1, 0.15) is 5.57 Å². The second-order valence-electron chi connectivity index (χ2n) is 5.99. The number of carbonyl (C=O) groups is 1. The summed E-state index contributed by atoms with van der Waals surface area (Å²) in [7, 11) is 0. The van der Waals surface area contributed by atoms with Crippen LogP contribution in [0.4, 0.5) is 92.2 Å². The summed E-state index contributed by atoms with van der Waals surface area (Å²) >= 11 is 0. The first-order chi connectivity index (χ1) is 14.7. The van der Waals surface area contributed by atoms with E-state index in [2.05, 4.69) is 0 Å². The first kappa shape index (κ1) is 32.7. The third kappa shape index (κ3) is 4.65. The number of allylic oxidation sites excluding steroid dienone is 1. The van der Waals surface area contributed by atoms with E-state index in [9.17, 15) is 97.0 Å². The van der Waals surface area contributed by atoms with Crippen LogP contribution < -0.4 is 0 Å². The van der Waals surface area contributed by atoms with E-state index in [0.717, 1.165) is 0 Å². The van der Waals surface area contributed by atoms with E-state index in [1.54, 1.807) is 0 Å². The molecule has 0 heterocycles. The first-order valence-corrected chi connectivity index (χ1v) is 7.15. The molecule has 0 aromatic carbocycles. The normalized spacial score (nSPS) is 16.8. The maximum absolute atomic E-state index is 13.9. The molecule has 0 aromatic rings. The van der Waals surface area contributed by atoms with Crippen molar-refractivity contribution in [2.24, 2.45) is 0 Å². The third-order valence-corrected chi connectivity index (χ3v) is 3.66. The lowest BCUT2D eigenvalue weighted by molar-refractivity contribution is -0.438. The van der Waals surface area contributed by atoms with Crippen LogP contribution >= 0.6 is 0 Å². The summed E-state index contributed by atoms with van der Waals surface area (Å²) < 4.78 is 271. The molecule has 0 bridgehead atoms. The highest BCUT2D eigenvalue weighted by Crippen LogP contribution is 2.64. The van der Waals surface area contributed by atoms with Gasteiger partial charge in [0, 0.05) is 0 Å². The van der Waals surface area contributed by atoms with Gasteiger partial charge in [-0.2, -0.15) is 92.2 Å². The van der Waals surface area contributed by atoms with Gasteiger partial charge in [0.25, 0.3) is 0 Å². The Morgan fingerprint density at radius 1 is 0.429 bits per heavy atom. The Kier molecular flexibility index (Phi) is 7.60. The molecule has 0 aromatic heterocycles. The summed E-state index contributed by atoms with van der Waals surface area (Å²) in [5, 5.41) is 8.07. The van der Waals surface area contributed by atoms with E-state index in [-0.39, 0.29) is 0 Å². The Morgan fingerprint density at radius 2 is 0.743 bits per heavy atom. The van der Waals surface area contributed by atoms with Crippen molar-refractivity contribution in [1.29, 1.82) is 0 Å². The topological polar surface area (TPSA) is 37.3 Å². The predicted molar refractivity (Wildman–Crippen MR) is 62.5 cm³/mol. The van der Waals surface area contributed by atoms with Crippen LogP contribution in [-0.4, -0.2) is 65.1 Å². The number of halogens is 21. The molecular weight excluding hydrogens is 575 g/mol. The van der Waals surface area contributed by atoms with Crippen LogP contribution in [0.2, 0.25) is 0 Å². The monoisotopic (exact) mass is 576 g/mol. The second kappa shape index (κ2) is 8.13. The van der Waals surface area contributed by atoms with Crippen molar-refractivity contribution in [3.05, 3.63) is 11.1 Å². The molecule has 35 heavy (non-hydrogen) atoms. The number of carboxylic acids is 1. The van der Waals surface area contributed by atoms with E-state index >= 15 is 0 Å². The largest absolute Gasteiger partial charge is 0.478 e. The molecule has 0 spiro atoms. The summed E-state index contributed by atoms with van der Waals surface area (Å²) in [4.78, 5) is 10.4. The van der Waals surface area contributed by atoms with Crippen molar-refractivity contribution < 1.29 is 102 Å². The molecule has 208 valence electrons. The van der Waals surface area contributed by atoms with Gasteiger partial charge in [0.15, 0.2) is 5.57 Å². The van der Waals surface area contributed by atoms with Crippen molar-refractivity contribution in [3.63, 3.8) is 0 Å². The van der Waals surface area contributed by atoms with Crippen LogP contribution in [0.3, 0.4) is 0 Å². The summed E-state index contributed by atoms with van der Waals surface area (Å²) in [6, 6.07) is 0. The predicted octanol–water partition coefficient (Wildman–Crippen LogP) is 6.87. The molecule has 0 atom stereocenters. The van der Waals surface area contributed by atoms with Gasteiger partial charge in [-0.1, -0.05) is 0 Å². The number of carboxylic acid groups (broad SMARTS) is 1. The van der Waals surface area contributed by atoms with E-state index in [0.29, 0.717) is 0 Å². The zero-order valence-corrected chi connectivity index (χ0v) is 14.8. The van der Waals surface area contributed by atoms with Gasteiger partial charge in [-0.15, -0.1) is 0 Å². The molecule has 0 aliphatic heterocycles. The number of hydrogen-bond acceptors (Lipinski definition) is 1. The van der Waals surface area contributed by atoms with Gasteiger partial charge in [-0.25, -0.2) is 4.79 Å². The van der Waals surface area contributed by atoms with Gasteiger partial charge >= 0.3 is 60.0 Å². The van der Waals surface area contributed by atoms with E-state index in [4.69, 9.17) is 5.11 Å². The summed E-state index contributed by atoms with van der Waals surface area (Å²) in [5.41, 5.74) is -11.0. The van der Waals surface area contributed by atoms with Crippen molar-refractivity contribution in [2.45, 2.75) is 54.1 Å². The molecule has 2 nitrogen and oxygen atoms in total. The zero-order chi connectivity index (χ0) is 29.2. The maximum Gasteiger partial charge on any atom is 0.460 e. The average molecular weight is 576 g/mol. The Balaban J connectivity index is 7.84. The summed E-state index contributed by atoms with van der Waals surface area (Å²) in [6.45, 7) is 0. The number of alkyl halides is 21. The van der Waals surface area contributed by atoms with Crippen LogP contribution in [0, 0.1) is 0 Å². The molecular formula is C12HF21O2. The van der Waals surface area contributed by atoms with Crippen LogP contribution in [0.1, 0.15) is 0 Å². The van der Waals surface area contributed by atoms with Gasteiger partial charge in [0.05, 0.1) is 0 Å². The molecule has 23 heteroatoms. The molecule has 0 rings (SSSR count). The molecule has 0 amide bonds. The minimum Gasteiger partial charge on any atom is -0.478 e. The molecule has 0 radical (unpaired) electrons. The minimum atomic E-state index is -9.12. The van der Waals surface area contributed by atoms with Crippen molar-refractivity contribution >= 4 is 5.97 Å². The van der Waals surface area contributed by atoms with E-state index in [1.807, 2.05) is 0 Å². The molecule has 1 N–H and O–H groups in total.